The third-order valence-electron chi connectivity index (χ3n) is 3.53. The number of Topliss-reactive ketones (excluding diaryl/α,β-unsaturated/α-hetero) is 1. The summed E-state index contributed by atoms with van der Waals surface area (Å²) in [5.41, 5.74) is 2.47. The van der Waals surface area contributed by atoms with Crippen molar-refractivity contribution < 1.29 is 14.3 Å². The molecular weight excluding hydrogens is 310 g/mol. The number of carbonyl (C=O) groups excluding carboxylic acids is 2. The van der Waals surface area contributed by atoms with Crippen molar-refractivity contribution in [3.8, 4) is 0 Å². The number of nitrogens with one attached hydrogen (secondary N) is 1. The van der Waals surface area contributed by atoms with Crippen molar-refractivity contribution >= 4 is 38.6 Å². The van der Waals surface area contributed by atoms with Crippen LogP contribution in [0.4, 0.5) is 0 Å². The lowest BCUT2D eigenvalue weighted by atomic mass is 9.86. The number of H-pyrrole nitrogens is 1. The molecule has 0 fully saturated rings. The molecule has 4 nitrogen and oxygen atoms in total. The molecule has 1 aliphatic carbocycles. The van der Waals surface area contributed by atoms with Crippen molar-refractivity contribution in [1.82, 2.24) is 4.98 Å². The zero-order chi connectivity index (χ0) is 13.6. The maximum Gasteiger partial charge on any atom is 0.309 e. The average Bonchev–Trinajstić information content (AvgIpc) is 2.75. The molecule has 0 saturated heterocycles. The van der Waals surface area contributed by atoms with Gasteiger partial charge < -0.3 is 9.72 Å². The molecule has 3 rings (SSSR count). The second-order valence-electron chi connectivity index (χ2n) is 4.72. The molecule has 1 aliphatic rings. The van der Waals surface area contributed by atoms with Crippen LogP contribution in [0.2, 0.25) is 0 Å². The number of benzene rings is 1. The van der Waals surface area contributed by atoms with E-state index in [0.29, 0.717) is 6.42 Å². The van der Waals surface area contributed by atoms with Crippen molar-refractivity contribution in [3.63, 3.8) is 0 Å². The van der Waals surface area contributed by atoms with Gasteiger partial charge in [-0.25, -0.2) is 0 Å². The first-order chi connectivity index (χ1) is 9.10. The number of hydrogen-bond acceptors (Lipinski definition) is 3. The van der Waals surface area contributed by atoms with Crippen LogP contribution >= 0.6 is 15.9 Å². The number of ketones is 1. The maximum absolute atomic E-state index is 12.2. The monoisotopic (exact) mass is 321 g/mol. The van der Waals surface area contributed by atoms with Crippen LogP contribution in [-0.4, -0.2) is 23.8 Å². The Labute approximate surface area is 118 Å². The van der Waals surface area contributed by atoms with Crippen LogP contribution in [0.1, 0.15) is 22.5 Å². The van der Waals surface area contributed by atoms with Gasteiger partial charge in [0.05, 0.1) is 13.0 Å². The van der Waals surface area contributed by atoms with Crippen molar-refractivity contribution in [3.05, 3.63) is 33.9 Å². The number of rotatable bonds is 1. The lowest BCUT2D eigenvalue weighted by molar-refractivity contribution is -0.145. The number of fused-ring (bicyclic) bond motifs is 3. The quantitative estimate of drug-likeness (QED) is 0.821. The molecular formula is C14H12BrNO3. The van der Waals surface area contributed by atoms with Gasteiger partial charge in [-0.15, -0.1) is 0 Å². The summed E-state index contributed by atoms with van der Waals surface area (Å²) in [6.45, 7) is 0. The van der Waals surface area contributed by atoms with Crippen LogP contribution in [0.15, 0.2) is 22.7 Å². The molecule has 5 heteroatoms. The van der Waals surface area contributed by atoms with E-state index in [0.717, 1.165) is 26.6 Å². The molecule has 0 bridgehead atoms. The molecule has 1 atom stereocenters. The standard InChI is InChI=1S/C14H12BrNO3/c1-19-14(18)7-4-11-13(12(17)5-7)9-3-2-8(15)6-10(9)16-11/h2-3,6-7,16H,4-5H2,1H3. The number of aromatic nitrogens is 1. The highest BCUT2D eigenvalue weighted by Crippen LogP contribution is 2.33. The van der Waals surface area contributed by atoms with Gasteiger partial charge in [-0.1, -0.05) is 22.0 Å². The molecule has 98 valence electrons. The Kier molecular flexibility index (Phi) is 2.93. The molecule has 1 aromatic heterocycles. The van der Waals surface area contributed by atoms with E-state index in [2.05, 4.69) is 20.9 Å². The van der Waals surface area contributed by atoms with E-state index < -0.39 is 0 Å². The Bertz CT molecular complexity index is 689. The molecule has 1 heterocycles. The first kappa shape index (κ1) is 12.4. The van der Waals surface area contributed by atoms with E-state index in [-0.39, 0.29) is 24.1 Å². The zero-order valence-electron chi connectivity index (χ0n) is 10.3. The number of halogens is 1. The van der Waals surface area contributed by atoms with E-state index in [1.165, 1.54) is 7.11 Å². The van der Waals surface area contributed by atoms with Gasteiger partial charge in [0.2, 0.25) is 0 Å². The van der Waals surface area contributed by atoms with Gasteiger partial charge >= 0.3 is 5.97 Å². The van der Waals surface area contributed by atoms with Crippen LogP contribution in [0.3, 0.4) is 0 Å². The summed E-state index contributed by atoms with van der Waals surface area (Å²) in [6.07, 6.45) is 0.753. The smallest absolute Gasteiger partial charge is 0.309 e. The summed E-state index contributed by atoms with van der Waals surface area (Å²) in [7, 11) is 1.35. The Morgan fingerprint density at radius 1 is 1.42 bits per heavy atom. The highest BCUT2D eigenvalue weighted by molar-refractivity contribution is 9.10. The predicted molar refractivity (Wildman–Crippen MR) is 74.2 cm³/mol. The number of aromatic amines is 1. The first-order valence-electron chi connectivity index (χ1n) is 6.01. The number of esters is 1. The van der Waals surface area contributed by atoms with Crippen LogP contribution in [0.5, 0.6) is 0 Å². The highest BCUT2D eigenvalue weighted by Gasteiger charge is 2.33. The molecule has 0 saturated carbocycles. The summed E-state index contributed by atoms with van der Waals surface area (Å²) >= 11 is 3.41. The van der Waals surface area contributed by atoms with Crippen LogP contribution in [0, 0.1) is 5.92 Å². The van der Waals surface area contributed by atoms with Gasteiger partial charge in [-0.2, -0.15) is 0 Å². The summed E-state index contributed by atoms with van der Waals surface area (Å²) in [4.78, 5) is 27.1. The average molecular weight is 322 g/mol. The first-order valence-corrected chi connectivity index (χ1v) is 6.80. The Hall–Kier alpha value is -1.62. The Morgan fingerprint density at radius 2 is 2.21 bits per heavy atom. The molecule has 1 aromatic carbocycles. The molecule has 1 N–H and O–H groups in total. The van der Waals surface area contributed by atoms with Crippen molar-refractivity contribution in [2.75, 3.05) is 7.11 Å². The van der Waals surface area contributed by atoms with Crippen molar-refractivity contribution in [2.45, 2.75) is 12.8 Å². The fraction of sp³-hybridized carbons (Fsp3) is 0.286. The summed E-state index contributed by atoms with van der Waals surface area (Å²) < 4.78 is 5.69. The van der Waals surface area contributed by atoms with Gasteiger partial charge in [0.25, 0.3) is 0 Å². The Morgan fingerprint density at radius 3 is 2.95 bits per heavy atom. The third-order valence-corrected chi connectivity index (χ3v) is 4.03. The molecule has 0 aliphatic heterocycles. The molecule has 19 heavy (non-hydrogen) atoms. The van der Waals surface area contributed by atoms with E-state index in [1.54, 1.807) is 0 Å². The number of carbonyl (C=O) groups is 2. The van der Waals surface area contributed by atoms with Gasteiger partial charge in [0, 0.05) is 39.5 Å². The Balaban J connectivity index is 2.11. The lowest BCUT2D eigenvalue weighted by Crippen LogP contribution is -2.27. The molecule has 1 unspecified atom stereocenters. The van der Waals surface area contributed by atoms with Crippen LogP contribution in [0.25, 0.3) is 10.9 Å². The zero-order valence-corrected chi connectivity index (χ0v) is 11.9. The molecule has 0 amide bonds. The van der Waals surface area contributed by atoms with Gasteiger partial charge in [0.15, 0.2) is 5.78 Å². The van der Waals surface area contributed by atoms with E-state index >= 15 is 0 Å². The fourth-order valence-corrected chi connectivity index (χ4v) is 3.04. The lowest BCUT2D eigenvalue weighted by Gasteiger charge is -2.18. The minimum Gasteiger partial charge on any atom is -0.469 e. The fourth-order valence-electron chi connectivity index (χ4n) is 2.67. The topological polar surface area (TPSA) is 59.2 Å². The normalized spacial score (nSPS) is 18.4. The van der Waals surface area contributed by atoms with Crippen LogP contribution in [-0.2, 0) is 16.0 Å². The van der Waals surface area contributed by atoms with E-state index in [9.17, 15) is 9.59 Å². The van der Waals surface area contributed by atoms with Gasteiger partial charge in [-0.05, 0) is 12.1 Å². The second-order valence-corrected chi connectivity index (χ2v) is 5.64. The molecule has 2 aromatic rings. The summed E-state index contributed by atoms with van der Waals surface area (Å²) in [5, 5.41) is 0.923. The third kappa shape index (κ3) is 1.98. The minimum atomic E-state index is -0.374. The van der Waals surface area contributed by atoms with E-state index in [1.807, 2.05) is 18.2 Å². The summed E-state index contributed by atoms with van der Waals surface area (Å²) in [6, 6.07) is 5.77. The molecule has 0 radical (unpaired) electrons. The number of methoxy groups -OCH3 is 1. The SMILES string of the molecule is COC(=O)C1CC(=O)c2c([nH]c3cc(Br)ccc23)C1. The maximum atomic E-state index is 12.2. The van der Waals surface area contributed by atoms with Gasteiger partial charge in [0.1, 0.15) is 0 Å². The van der Waals surface area contributed by atoms with Crippen molar-refractivity contribution in [2.24, 2.45) is 5.92 Å². The second kappa shape index (κ2) is 4.49. The van der Waals surface area contributed by atoms with E-state index in [4.69, 9.17) is 4.74 Å². The van der Waals surface area contributed by atoms with Crippen LogP contribution < -0.4 is 0 Å². The van der Waals surface area contributed by atoms with Crippen molar-refractivity contribution in [1.29, 1.82) is 0 Å². The largest absolute Gasteiger partial charge is 0.469 e. The van der Waals surface area contributed by atoms with Gasteiger partial charge in [-0.3, -0.25) is 9.59 Å². The highest BCUT2D eigenvalue weighted by atomic mass is 79.9. The number of ether oxygens (including phenoxy) is 1. The molecule has 0 spiro atoms. The number of hydrogen-bond donors (Lipinski definition) is 1. The minimum absolute atomic E-state index is 0.00484. The predicted octanol–water partition coefficient (Wildman–Crippen LogP) is 2.85. The summed E-state index contributed by atoms with van der Waals surface area (Å²) in [5.74, 6) is -0.689.